The summed E-state index contributed by atoms with van der Waals surface area (Å²) >= 11 is 9.33. The van der Waals surface area contributed by atoms with Gasteiger partial charge in [0.15, 0.2) is 11.6 Å². The highest BCUT2D eigenvalue weighted by molar-refractivity contribution is 9.10. The fourth-order valence-corrected chi connectivity index (χ4v) is 2.25. The van der Waals surface area contributed by atoms with E-state index in [0.29, 0.717) is 10.6 Å². The van der Waals surface area contributed by atoms with Gasteiger partial charge in [0.25, 0.3) is 0 Å². The van der Waals surface area contributed by atoms with Gasteiger partial charge in [-0.05, 0) is 39.7 Å². The van der Waals surface area contributed by atoms with Gasteiger partial charge >= 0.3 is 0 Å². The lowest BCUT2D eigenvalue weighted by molar-refractivity contribution is 0.383. The lowest BCUT2D eigenvalue weighted by Crippen LogP contribution is -2.14. The molecular formula is C14H12BrClFNO. The van der Waals surface area contributed by atoms with E-state index in [1.807, 2.05) is 0 Å². The van der Waals surface area contributed by atoms with E-state index in [2.05, 4.69) is 15.9 Å². The Hall–Kier alpha value is -1.10. The van der Waals surface area contributed by atoms with Crippen molar-refractivity contribution in [3.05, 3.63) is 62.8 Å². The molecule has 0 aliphatic carbocycles. The molecule has 1 unspecified atom stereocenters. The Morgan fingerprint density at radius 1 is 1.32 bits per heavy atom. The van der Waals surface area contributed by atoms with Gasteiger partial charge in [0.2, 0.25) is 0 Å². The first-order chi connectivity index (χ1) is 9.04. The van der Waals surface area contributed by atoms with Crippen LogP contribution in [0.2, 0.25) is 5.02 Å². The van der Waals surface area contributed by atoms with Gasteiger partial charge in [0.1, 0.15) is 0 Å². The van der Waals surface area contributed by atoms with Crippen LogP contribution >= 0.6 is 27.5 Å². The van der Waals surface area contributed by atoms with Gasteiger partial charge in [-0.1, -0.05) is 29.8 Å². The molecule has 2 aromatic carbocycles. The predicted molar refractivity (Wildman–Crippen MR) is 78.1 cm³/mol. The van der Waals surface area contributed by atoms with Gasteiger partial charge in [-0.25, -0.2) is 4.39 Å². The lowest BCUT2D eigenvalue weighted by atomic mass is 9.99. The molecule has 0 spiro atoms. The molecule has 2 rings (SSSR count). The molecule has 2 aromatic rings. The van der Waals surface area contributed by atoms with Crippen LogP contribution in [0.4, 0.5) is 4.39 Å². The Bertz CT molecular complexity index is 606. The maximum absolute atomic E-state index is 14.1. The van der Waals surface area contributed by atoms with Gasteiger partial charge in [0.05, 0.1) is 18.2 Å². The Kier molecular flexibility index (Phi) is 4.45. The number of hydrogen-bond donors (Lipinski definition) is 1. The maximum atomic E-state index is 14.1. The number of halogens is 3. The summed E-state index contributed by atoms with van der Waals surface area (Å²) in [5, 5.41) is 0.538. The maximum Gasteiger partial charge on any atom is 0.170 e. The molecule has 2 nitrogen and oxygen atoms in total. The second-order valence-corrected chi connectivity index (χ2v) is 5.28. The van der Waals surface area contributed by atoms with E-state index in [9.17, 15) is 4.39 Å². The van der Waals surface area contributed by atoms with Crippen molar-refractivity contribution in [2.45, 2.75) is 6.04 Å². The average Bonchev–Trinajstić information content (AvgIpc) is 2.41. The molecular weight excluding hydrogens is 333 g/mol. The van der Waals surface area contributed by atoms with Crippen molar-refractivity contribution in [1.82, 2.24) is 0 Å². The molecule has 2 N–H and O–H groups in total. The van der Waals surface area contributed by atoms with Crippen molar-refractivity contribution in [1.29, 1.82) is 0 Å². The molecule has 0 saturated carbocycles. The van der Waals surface area contributed by atoms with Crippen molar-refractivity contribution < 1.29 is 9.13 Å². The minimum Gasteiger partial charge on any atom is -0.494 e. The second-order valence-electron chi connectivity index (χ2n) is 4.01. The highest BCUT2D eigenvalue weighted by Crippen LogP contribution is 2.31. The zero-order valence-electron chi connectivity index (χ0n) is 10.2. The van der Waals surface area contributed by atoms with E-state index < -0.39 is 11.9 Å². The van der Waals surface area contributed by atoms with E-state index in [0.717, 1.165) is 10.0 Å². The van der Waals surface area contributed by atoms with Gasteiger partial charge < -0.3 is 10.5 Å². The number of hydrogen-bond acceptors (Lipinski definition) is 2. The molecule has 19 heavy (non-hydrogen) atoms. The molecule has 0 saturated heterocycles. The fourth-order valence-electron chi connectivity index (χ4n) is 1.81. The highest BCUT2D eigenvalue weighted by Gasteiger charge is 2.17. The zero-order chi connectivity index (χ0) is 14.0. The predicted octanol–water partition coefficient (Wildman–Crippen LogP) is 4.30. The number of ether oxygens (including phenoxy) is 1. The normalized spacial score (nSPS) is 12.3. The summed E-state index contributed by atoms with van der Waals surface area (Å²) in [5.74, 6) is -0.271. The Morgan fingerprint density at radius 2 is 2.05 bits per heavy atom. The molecule has 0 radical (unpaired) electrons. The van der Waals surface area contributed by atoms with Crippen molar-refractivity contribution >= 4 is 27.5 Å². The number of nitrogens with two attached hydrogens (primary N) is 1. The minimum atomic E-state index is -0.597. The van der Waals surface area contributed by atoms with Crippen molar-refractivity contribution in [2.24, 2.45) is 5.73 Å². The van der Waals surface area contributed by atoms with E-state index in [1.165, 1.54) is 7.11 Å². The molecule has 0 amide bonds. The summed E-state index contributed by atoms with van der Waals surface area (Å²) in [5.41, 5.74) is 7.20. The number of rotatable bonds is 3. The summed E-state index contributed by atoms with van der Waals surface area (Å²) in [6.07, 6.45) is 0. The van der Waals surface area contributed by atoms with Gasteiger partial charge in [-0.3, -0.25) is 0 Å². The van der Waals surface area contributed by atoms with Crippen molar-refractivity contribution in [3.63, 3.8) is 0 Å². The van der Waals surface area contributed by atoms with Gasteiger partial charge in [-0.15, -0.1) is 0 Å². The third-order valence-corrected chi connectivity index (χ3v) is 4.08. The largest absolute Gasteiger partial charge is 0.494 e. The Labute approximate surface area is 124 Å². The lowest BCUT2D eigenvalue weighted by Gasteiger charge is -2.15. The molecule has 0 aliphatic heterocycles. The molecule has 0 fully saturated rings. The second kappa shape index (κ2) is 5.90. The zero-order valence-corrected chi connectivity index (χ0v) is 12.5. The smallest absolute Gasteiger partial charge is 0.170 e. The average molecular weight is 345 g/mol. The molecule has 0 bridgehead atoms. The van der Waals surface area contributed by atoms with Crippen LogP contribution in [-0.2, 0) is 0 Å². The standard InChI is InChI=1S/C14H12BrClFNO/c1-19-12-4-2-3-9(13(12)17)14(18)8-5-6-10(15)11(16)7-8/h2-7,14H,18H2,1H3. The van der Waals surface area contributed by atoms with E-state index >= 15 is 0 Å². The summed E-state index contributed by atoms with van der Waals surface area (Å²) in [6.45, 7) is 0. The molecule has 100 valence electrons. The fraction of sp³-hybridized carbons (Fsp3) is 0.143. The highest BCUT2D eigenvalue weighted by atomic mass is 79.9. The van der Waals surface area contributed by atoms with Crippen molar-refractivity contribution in [3.8, 4) is 5.75 Å². The van der Waals surface area contributed by atoms with Gasteiger partial charge in [-0.2, -0.15) is 0 Å². The van der Waals surface area contributed by atoms with Crippen LogP contribution in [0.25, 0.3) is 0 Å². The quantitative estimate of drug-likeness (QED) is 0.901. The SMILES string of the molecule is COc1cccc(C(N)c2ccc(Br)c(Cl)c2)c1F. The molecule has 0 aromatic heterocycles. The molecule has 0 aliphatic rings. The van der Waals surface area contributed by atoms with Crippen LogP contribution in [0.5, 0.6) is 5.75 Å². The monoisotopic (exact) mass is 343 g/mol. The molecule has 5 heteroatoms. The molecule has 0 heterocycles. The van der Waals surface area contributed by atoms with Crippen LogP contribution in [0.15, 0.2) is 40.9 Å². The van der Waals surface area contributed by atoms with Crippen LogP contribution in [0.1, 0.15) is 17.2 Å². The van der Waals surface area contributed by atoms with Crippen LogP contribution in [-0.4, -0.2) is 7.11 Å². The van der Waals surface area contributed by atoms with Crippen LogP contribution < -0.4 is 10.5 Å². The van der Waals surface area contributed by atoms with E-state index in [1.54, 1.807) is 36.4 Å². The summed E-state index contributed by atoms with van der Waals surface area (Å²) < 4.78 is 19.9. The van der Waals surface area contributed by atoms with Crippen LogP contribution in [0, 0.1) is 5.82 Å². The first kappa shape index (κ1) is 14.3. The van der Waals surface area contributed by atoms with E-state index in [-0.39, 0.29) is 5.75 Å². The topological polar surface area (TPSA) is 35.2 Å². The first-order valence-corrected chi connectivity index (χ1v) is 6.74. The summed E-state index contributed by atoms with van der Waals surface area (Å²) in [6, 6.07) is 9.61. The molecule has 1 atom stereocenters. The third-order valence-electron chi connectivity index (χ3n) is 2.85. The Morgan fingerprint density at radius 3 is 2.68 bits per heavy atom. The third kappa shape index (κ3) is 2.91. The van der Waals surface area contributed by atoms with Crippen molar-refractivity contribution in [2.75, 3.05) is 7.11 Å². The van der Waals surface area contributed by atoms with E-state index in [4.69, 9.17) is 22.1 Å². The minimum absolute atomic E-state index is 0.177. The summed E-state index contributed by atoms with van der Waals surface area (Å²) in [4.78, 5) is 0. The first-order valence-electron chi connectivity index (χ1n) is 5.57. The number of methoxy groups -OCH3 is 1. The Balaban J connectivity index is 2.43. The van der Waals surface area contributed by atoms with Gasteiger partial charge in [0, 0.05) is 10.0 Å². The number of benzene rings is 2. The summed E-state index contributed by atoms with van der Waals surface area (Å²) in [7, 11) is 1.42. The van der Waals surface area contributed by atoms with Crippen LogP contribution in [0.3, 0.4) is 0 Å².